The Balaban J connectivity index is 2.84. The van der Waals surface area contributed by atoms with Crippen molar-refractivity contribution in [2.45, 2.75) is 53.1 Å². The third-order valence-corrected chi connectivity index (χ3v) is 3.69. The van der Waals surface area contributed by atoms with Crippen LogP contribution in [0.4, 0.5) is 5.69 Å². The van der Waals surface area contributed by atoms with Gasteiger partial charge in [0.1, 0.15) is 11.4 Å². The van der Waals surface area contributed by atoms with E-state index in [1.807, 2.05) is 20.8 Å². The number of hydrogen-bond acceptors (Lipinski definition) is 3. The number of nitrogens with one attached hydrogen (secondary N) is 1. The highest BCUT2D eigenvalue weighted by Crippen LogP contribution is 2.29. The molecule has 0 radical (unpaired) electrons. The Hall–Kier alpha value is -1.26. The Morgan fingerprint density at radius 2 is 2.04 bits per heavy atom. The lowest BCUT2D eigenvalue weighted by atomic mass is 9.93. The Morgan fingerprint density at radius 3 is 2.57 bits per heavy atom. The highest BCUT2D eigenvalue weighted by atomic mass is 35.5. The van der Waals surface area contributed by atoms with Crippen molar-refractivity contribution < 1.29 is 14.3 Å². The second kappa shape index (κ2) is 9.14. The van der Waals surface area contributed by atoms with E-state index in [4.69, 9.17) is 21.1 Å². The topological polar surface area (TPSA) is 47.6 Å². The van der Waals surface area contributed by atoms with E-state index in [0.29, 0.717) is 42.0 Å². The lowest BCUT2D eigenvalue weighted by molar-refractivity contribution is -0.140. The summed E-state index contributed by atoms with van der Waals surface area (Å²) in [6.07, 6.45) is 1.56. The molecule has 0 heterocycles. The zero-order valence-corrected chi connectivity index (χ0v) is 15.5. The van der Waals surface area contributed by atoms with Crippen LogP contribution in [-0.2, 0) is 9.53 Å². The molecule has 0 aliphatic rings. The second-order valence-corrected chi connectivity index (χ2v) is 6.62. The number of amides is 1. The number of rotatable bonds is 9. The van der Waals surface area contributed by atoms with Gasteiger partial charge in [-0.1, -0.05) is 32.4 Å². The van der Waals surface area contributed by atoms with E-state index < -0.39 is 5.60 Å². The molecule has 1 atom stereocenters. The van der Waals surface area contributed by atoms with Gasteiger partial charge < -0.3 is 14.8 Å². The maximum absolute atomic E-state index is 12.6. The largest absolute Gasteiger partial charge is 0.492 e. The van der Waals surface area contributed by atoms with Crippen LogP contribution in [0.5, 0.6) is 5.75 Å². The van der Waals surface area contributed by atoms with Crippen molar-refractivity contribution in [3.05, 3.63) is 23.2 Å². The van der Waals surface area contributed by atoms with Gasteiger partial charge >= 0.3 is 0 Å². The number of hydrogen-bond donors (Lipinski definition) is 1. The average Bonchev–Trinajstić information content (AvgIpc) is 2.45. The minimum Gasteiger partial charge on any atom is -0.492 e. The molecular formula is C18H28ClNO3. The Bertz CT molecular complexity index is 519. The van der Waals surface area contributed by atoms with Crippen molar-refractivity contribution in [3.8, 4) is 5.75 Å². The fourth-order valence-corrected chi connectivity index (χ4v) is 2.72. The van der Waals surface area contributed by atoms with Gasteiger partial charge in [-0.25, -0.2) is 0 Å². The van der Waals surface area contributed by atoms with Crippen LogP contribution >= 0.6 is 11.6 Å². The van der Waals surface area contributed by atoms with Crippen LogP contribution in [0.1, 0.15) is 47.5 Å². The van der Waals surface area contributed by atoms with Crippen LogP contribution < -0.4 is 10.1 Å². The summed E-state index contributed by atoms with van der Waals surface area (Å²) in [5.74, 6) is 0.818. The number of carbonyl (C=O) groups is 1. The standard InChI is InChI=1S/C18H28ClNO3/c1-6-10-22-16-9-8-14(11-15(16)19)20-17(21)18(5,23-7-2)12-13(3)4/h8-9,11,13H,6-7,10,12H2,1-5H3,(H,20,21). The molecule has 1 aromatic rings. The summed E-state index contributed by atoms with van der Waals surface area (Å²) in [4.78, 5) is 12.6. The molecule has 0 saturated heterocycles. The Morgan fingerprint density at radius 1 is 1.35 bits per heavy atom. The average molecular weight is 342 g/mol. The van der Waals surface area contributed by atoms with E-state index in [-0.39, 0.29) is 5.91 Å². The van der Waals surface area contributed by atoms with Gasteiger partial charge in [-0.05, 0) is 50.8 Å². The van der Waals surface area contributed by atoms with Gasteiger partial charge in [0.2, 0.25) is 0 Å². The number of halogens is 1. The highest BCUT2D eigenvalue weighted by Gasteiger charge is 2.34. The van der Waals surface area contributed by atoms with E-state index in [0.717, 1.165) is 6.42 Å². The number of anilines is 1. The monoisotopic (exact) mass is 341 g/mol. The third-order valence-electron chi connectivity index (χ3n) is 3.39. The lowest BCUT2D eigenvalue weighted by Crippen LogP contribution is -2.43. The predicted octanol–water partition coefficient (Wildman–Crippen LogP) is 4.91. The normalized spacial score (nSPS) is 13.7. The van der Waals surface area contributed by atoms with Gasteiger partial charge in [0.15, 0.2) is 0 Å². The Kier molecular flexibility index (Phi) is 7.86. The molecule has 0 aliphatic carbocycles. The molecule has 1 amide bonds. The van der Waals surface area contributed by atoms with Crippen molar-refractivity contribution in [2.75, 3.05) is 18.5 Å². The molecular weight excluding hydrogens is 314 g/mol. The summed E-state index contributed by atoms with van der Waals surface area (Å²) in [5.41, 5.74) is -0.217. The molecule has 1 aromatic carbocycles. The smallest absolute Gasteiger partial charge is 0.256 e. The summed E-state index contributed by atoms with van der Waals surface area (Å²) >= 11 is 6.20. The Labute approximate surface area is 144 Å². The molecule has 0 saturated carbocycles. The number of carbonyl (C=O) groups excluding carboxylic acids is 1. The van der Waals surface area contributed by atoms with E-state index >= 15 is 0 Å². The molecule has 5 heteroatoms. The van der Waals surface area contributed by atoms with Crippen LogP contribution in [0.25, 0.3) is 0 Å². The maximum atomic E-state index is 12.6. The van der Waals surface area contributed by atoms with Crippen LogP contribution in [0, 0.1) is 5.92 Å². The van der Waals surface area contributed by atoms with Gasteiger partial charge in [-0.2, -0.15) is 0 Å². The zero-order valence-electron chi connectivity index (χ0n) is 14.7. The zero-order chi connectivity index (χ0) is 17.5. The summed E-state index contributed by atoms with van der Waals surface area (Å²) in [7, 11) is 0. The molecule has 0 bridgehead atoms. The molecule has 0 aliphatic heterocycles. The molecule has 4 nitrogen and oxygen atoms in total. The first-order valence-corrected chi connectivity index (χ1v) is 8.58. The van der Waals surface area contributed by atoms with Crippen molar-refractivity contribution in [3.63, 3.8) is 0 Å². The van der Waals surface area contributed by atoms with Gasteiger partial charge in [0, 0.05) is 12.3 Å². The third kappa shape index (κ3) is 6.04. The molecule has 130 valence electrons. The fraction of sp³-hybridized carbons (Fsp3) is 0.611. The van der Waals surface area contributed by atoms with Crippen molar-refractivity contribution in [1.29, 1.82) is 0 Å². The molecule has 0 aromatic heterocycles. The minimum atomic E-state index is -0.854. The summed E-state index contributed by atoms with van der Waals surface area (Å²) in [5, 5.41) is 3.38. The van der Waals surface area contributed by atoms with Gasteiger partial charge in [0.05, 0.1) is 11.6 Å². The van der Waals surface area contributed by atoms with Crippen LogP contribution in [0.3, 0.4) is 0 Å². The van der Waals surface area contributed by atoms with Crippen LogP contribution in [0.2, 0.25) is 5.02 Å². The maximum Gasteiger partial charge on any atom is 0.256 e. The SMILES string of the molecule is CCCOc1ccc(NC(=O)C(C)(CC(C)C)OCC)cc1Cl. The molecule has 1 N–H and O–H groups in total. The van der Waals surface area contributed by atoms with E-state index in [2.05, 4.69) is 19.2 Å². The quantitative estimate of drug-likeness (QED) is 0.694. The van der Waals surface area contributed by atoms with E-state index in [9.17, 15) is 4.79 Å². The number of benzene rings is 1. The van der Waals surface area contributed by atoms with Gasteiger partial charge in [-0.3, -0.25) is 4.79 Å². The molecule has 0 fully saturated rings. The first kappa shape index (κ1) is 19.8. The second-order valence-electron chi connectivity index (χ2n) is 6.21. The lowest BCUT2D eigenvalue weighted by Gasteiger charge is -2.30. The first-order valence-electron chi connectivity index (χ1n) is 8.20. The van der Waals surface area contributed by atoms with Crippen LogP contribution in [0.15, 0.2) is 18.2 Å². The van der Waals surface area contributed by atoms with E-state index in [1.54, 1.807) is 18.2 Å². The predicted molar refractivity (Wildman–Crippen MR) is 95.4 cm³/mol. The fourth-order valence-electron chi connectivity index (χ4n) is 2.49. The van der Waals surface area contributed by atoms with E-state index in [1.165, 1.54) is 0 Å². The molecule has 1 rings (SSSR count). The first-order chi connectivity index (χ1) is 10.8. The molecule has 0 spiro atoms. The van der Waals surface area contributed by atoms with Gasteiger partial charge in [-0.15, -0.1) is 0 Å². The minimum absolute atomic E-state index is 0.161. The summed E-state index contributed by atoms with van der Waals surface area (Å²) in [6.45, 7) is 11.0. The summed E-state index contributed by atoms with van der Waals surface area (Å²) in [6, 6.07) is 5.26. The molecule has 1 unspecified atom stereocenters. The number of ether oxygens (including phenoxy) is 2. The van der Waals surface area contributed by atoms with Crippen molar-refractivity contribution in [1.82, 2.24) is 0 Å². The van der Waals surface area contributed by atoms with Gasteiger partial charge in [0.25, 0.3) is 5.91 Å². The van der Waals surface area contributed by atoms with Crippen LogP contribution in [-0.4, -0.2) is 24.7 Å². The highest BCUT2D eigenvalue weighted by molar-refractivity contribution is 6.32. The van der Waals surface area contributed by atoms with Crippen molar-refractivity contribution in [2.24, 2.45) is 5.92 Å². The van der Waals surface area contributed by atoms with Crippen molar-refractivity contribution >= 4 is 23.2 Å². The summed E-state index contributed by atoms with van der Waals surface area (Å²) < 4.78 is 11.2. The molecule has 23 heavy (non-hydrogen) atoms.